The predicted molar refractivity (Wildman–Crippen MR) is 142 cm³/mol. The molecule has 0 amide bonds. The van der Waals surface area contributed by atoms with Crippen LogP contribution in [0.15, 0.2) is 59.7 Å². The second kappa shape index (κ2) is 9.37. The Bertz CT molecular complexity index is 1470. The molecule has 2 aromatic heterocycles. The fourth-order valence-corrected chi connectivity index (χ4v) is 5.36. The zero-order valence-electron chi connectivity index (χ0n) is 20.4. The molecule has 0 bridgehead atoms. The fourth-order valence-electron chi connectivity index (χ4n) is 5.36. The lowest BCUT2D eigenvalue weighted by Gasteiger charge is -2.32. The largest absolute Gasteiger partial charge is 0.392 e. The summed E-state index contributed by atoms with van der Waals surface area (Å²) >= 11 is 0. The van der Waals surface area contributed by atoms with Crippen LogP contribution in [0.4, 0.5) is 11.5 Å². The number of hydrogen-bond acceptors (Lipinski definition) is 7. The molecule has 2 aliphatic heterocycles. The van der Waals surface area contributed by atoms with Crippen LogP contribution in [0.25, 0.3) is 22.2 Å². The maximum Gasteiger partial charge on any atom is 0.264 e. The Morgan fingerprint density at radius 2 is 1.83 bits per heavy atom. The molecule has 4 heterocycles. The van der Waals surface area contributed by atoms with Gasteiger partial charge in [-0.2, -0.15) is 0 Å². The van der Waals surface area contributed by atoms with Crippen LogP contribution in [0.1, 0.15) is 16.7 Å². The quantitative estimate of drug-likeness (QED) is 0.462. The lowest BCUT2D eigenvalue weighted by Crippen LogP contribution is -2.43. The average molecular weight is 483 g/mol. The second-order valence-electron chi connectivity index (χ2n) is 9.55. The number of aliphatic hydroxyl groups is 1. The predicted octanol–water partition coefficient (Wildman–Crippen LogP) is 2.46. The number of nitrogens with one attached hydrogen (secondary N) is 1. The second-order valence-corrected chi connectivity index (χ2v) is 9.55. The van der Waals surface area contributed by atoms with E-state index in [0.29, 0.717) is 23.3 Å². The number of aliphatic hydroxyl groups excluding tert-OH is 1. The van der Waals surface area contributed by atoms with Gasteiger partial charge in [0.25, 0.3) is 5.56 Å². The van der Waals surface area contributed by atoms with E-state index in [-0.39, 0.29) is 12.2 Å². The van der Waals surface area contributed by atoms with Crippen molar-refractivity contribution in [1.29, 1.82) is 0 Å². The monoisotopic (exact) mass is 482 g/mol. The van der Waals surface area contributed by atoms with Gasteiger partial charge >= 0.3 is 0 Å². The number of aromatic nitrogens is 3. The van der Waals surface area contributed by atoms with E-state index in [1.165, 1.54) is 15.8 Å². The Hall–Kier alpha value is -3.75. The number of aryl methyl sites for hydroxylation is 1. The highest BCUT2D eigenvalue weighted by Gasteiger charge is 2.24. The minimum absolute atomic E-state index is 0.0360. The van der Waals surface area contributed by atoms with Crippen molar-refractivity contribution in [3.8, 4) is 11.3 Å². The van der Waals surface area contributed by atoms with Gasteiger partial charge in [0.2, 0.25) is 0 Å². The molecule has 0 unspecified atom stereocenters. The van der Waals surface area contributed by atoms with Gasteiger partial charge < -0.3 is 24.8 Å². The minimum atomic E-state index is -0.0991. The number of fused-ring (bicyclic) bond motifs is 2. The SMILES string of the molecule is Cn1cnc2cc(-c3ccc(N4CCNCC4)cc3)nc(N3CCc4c(CO)cccc4C3)c2c1=O. The third kappa shape index (κ3) is 4.02. The number of piperazine rings is 1. The number of anilines is 2. The molecular formula is C28H30N6O2. The molecule has 6 rings (SSSR count). The number of hydrogen-bond donors (Lipinski definition) is 2. The molecular weight excluding hydrogens is 452 g/mol. The summed E-state index contributed by atoms with van der Waals surface area (Å²) < 4.78 is 1.51. The molecule has 8 nitrogen and oxygen atoms in total. The van der Waals surface area contributed by atoms with E-state index in [1.807, 2.05) is 18.2 Å². The van der Waals surface area contributed by atoms with Gasteiger partial charge in [-0.3, -0.25) is 4.79 Å². The highest BCUT2D eigenvalue weighted by molar-refractivity contribution is 5.92. The molecule has 4 aromatic rings. The lowest BCUT2D eigenvalue weighted by atomic mass is 9.94. The fraction of sp³-hybridized carbons (Fsp3) is 0.321. The number of nitrogens with zero attached hydrogens (tertiary/aromatic N) is 5. The Balaban J connectivity index is 1.42. The molecule has 36 heavy (non-hydrogen) atoms. The van der Waals surface area contributed by atoms with E-state index in [2.05, 4.69) is 50.4 Å². The summed E-state index contributed by atoms with van der Waals surface area (Å²) in [5.74, 6) is 0.669. The van der Waals surface area contributed by atoms with Crippen molar-refractivity contribution in [3.63, 3.8) is 0 Å². The van der Waals surface area contributed by atoms with Crippen LogP contribution >= 0.6 is 0 Å². The maximum atomic E-state index is 13.2. The summed E-state index contributed by atoms with van der Waals surface area (Å²) in [7, 11) is 1.72. The molecule has 1 fully saturated rings. The Morgan fingerprint density at radius 1 is 1.03 bits per heavy atom. The van der Waals surface area contributed by atoms with Gasteiger partial charge in [-0.05, 0) is 41.3 Å². The van der Waals surface area contributed by atoms with Crippen LogP contribution in [-0.4, -0.2) is 52.4 Å². The van der Waals surface area contributed by atoms with Crippen molar-refractivity contribution in [2.75, 3.05) is 42.5 Å². The van der Waals surface area contributed by atoms with E-state index in [0.717, 1.165) is 61.5 Å². The number of rotatable bonds is 4. The molecule has 2 aliphatic rings. The normalized spacial score (nSPS) is 15.8. The topological polar surface area (TPSA) is 86.5 Å². The van der Waals surface area contributed by atoms with Crippen molar-refractivity contribution in [2.24, 2.45) is 7.05 Å². The van der Waals surface area contributed by atoms with Crippen LogP contribution in [0, 0.1) is 0 Å². The van der Waals surface area contributed by atoms with Gasteiger partial charge in [0.1, 0.15) is 11.2 Å². The zero-order valence-corrected chi connectivity index (χ0v) is 20.4. The van der Waals surface area contributed by atoms with E-state index < -0.39 is 0 Å². The van der Waals surface area contributed by atoms with Crippen molar-refractivity contribution in [1.82, 2.24) is 19.9 Å². The zero-order chi connectivity index (χ0) is 24.6. The standard InChI is InChI=1S/C28H30N6O2/c1-32-18-30-25-15-24(19-5-7-22(8-6-19)33-13-10-29-11-14-33)31-27(26(25)28(32)36)34-12-9-23-20(16-34)3-2-4-21(23)17-35/h2-8,15,18,29,35H,9-14,16-17H2,1H3. The van der Waals surface area contributed by atoms with Gasteiger partial charge in [-0.15, -0.1) is 0 Å². The van der Waals surface area contributed by atoms with E-state index >= 15 is 0 Å². The molecule has 0 radical (unpaired) electrons. The smallest absolute Gasteiger partial charge is 0.264 e. The summed E-state index contributed by atoms with van der Waals surface area (Å²) in [6.07, 6.45) is 2.37. The molecule has 184 valence electrons. The first-order valence-electron chi connectivity index (χ1n) is 12.5. The highest BCUT2D eigenvalue weighted by atomic mass is 16.3. The summed E-state index contributed by atoms with van der Waals surface area (Å²) in [4.78, 5) is 27.4. The van der Waals surface area contributed by atoms with Crippen LogP contribution in [0.2, 0.25) is 0 Å². The Morgan fingerprint density at radius 3 is 2.61 bits per heavy atom. The van der Waals surface area contributed by atoms with E-state index in [1.54, 1.807) is 13.4 Å². The van der Waals surface area contributed by atoms with E-state index in [9.17, 15) is 9.90 Å². The maximum absolute atomic E-state index is 13.2. The molecule has 8 heteroatoms. The van der Waals surface area contributed by atoms with Crippen molar-refractivity contribution < 1.29 is 5.11 Å². The first kappa shape index (κ1) is 22.7. The first-order chi connectivity index (χ1) is 17.6. The number of benzene rings is 2. The summed E-state index contributed by atoms with van der Waals surface area (Å²) in [6.45, 7) is 5.38. The van der Waals surface area contributed by atoms with Gasteiger partial charge in [0.05, 0.1) is 24.1 Å². The summed E-state index contributed by atoms with van der Waals surface area (Å²) in [5.41, 5.74) is 6.90. The highest BCUT2D eigenvalue weighted by Crippen LogP contribution is 2.32. The van der Waals surface area contributed by atoms with Gasteiger partial charge in [0, 0.05) is 57.6 Å². The van der Waals surface area contributed by atoms with Crippen LogP contribution in [0.3, 0.4) is 0 Å². The average Bonchev–Trinajstić information content (AvgIpc) is 2.94. The molecule has 2 aromatic carbocycles. The summed E-state index contributed by atoms with van der Waals surface area (Å²) in [5, 5.41) is 13.7. The van der Waals surface area contributed by atoms with Gasteiger partial charge in [-0.25, -0.2) is 9.97 Å². The third-order valence-electron chi connectivity index (χ3n) is 7.36. The van der Waals surface area contributed by atoms with Crippen molar-refractivity contribution >= 4 is 22.4 Å². The molecule has 2 N–H and O–H groups in total. The molecule has 0 atom stereocenters. The Labute approximate surface area is 209 Å². The Kier molecular flexibility index (Phi) is 5.91. The molecule has 0 saturated carbocycles. The van der Waals surface area contributed by atoms with Gasteiger partial charge in [-0.1, -0.05) is 30.3 Å². The minimum Gasteiger partial charge on any atom is -0.392 e. The van der Waals surface area contributed by atoms with Crippen molar-refractivity contribution in [2.45, 2.75) is 19.6 Å². The number of pyridine rings is 1. The summed E-state index contributed by atoms with van der Waals surface area (Å²) in [6, 6.07) is 16.5. The molecule has 0 spiro atoms. The third-order valence-corrected chi connectivity index (χ3v) is 7.36. The van der Waals surface area contributed by atoms with Gasteiger partial charge in [0.15, 0.2) is 0 Å². The van der Waals surface area contributed by atoms with E-state index in [4.69, 9.17) is 4.98 Å². The van der Waals surface area contributed by atoms with Crippen LogP contribution in [0.5, 0.6) is 0 Å². The van der Waals surface area contributed by atoms with Crippen LogP contribution in [-0.2, 0) is 26.6 Å². The molecule has 0 aliphatic carbocycles. The van der Waals surface area contributed by atoms with Crippen molar-refractivity contribution in [3.05, 3.63) is 81.9 Å². The van der Waals surface area contributed by atoms with Crippen LogP contribution < -0.4 is 20.7 Å². The first-order valence-corrected chi connectivity index (χ1v) is 12.5. The molecule has 1 saturated heterocycles. The lowest BCUT2D eigenvalue weighted by molar-refractivity contribution is 0.280.